The Labute approximate surface area is 86.8 Å². The Kier molecular flexibility index (Phi) is 7.42. The second-order valence-electron chi connectivity index (χ2n) is 3.88. The van der Waals surface area contributed by atoms with Gasteiger partial charge in [-0.2, -0.15) is 0 Å². The molecule has 0 spiro atoms. The van der Waals surface area contributed by atoms with Gasteiger partial charge in [-0.05, 0) is 33.5 Å². The summed E-state index contributed by atoms with van der Waals surface area (Å²) in [7, 11) is 4.01. The largest absolute Gasteiger partial charge is 0.355 e. The molecule has 84 valence electrons. The number of hydrogen-bond acceptors (Lipinski definition) is 3. The molecule has 14 heavy (non-hydrogen) atoms. The third-order valence-corrected chi connectivity index (χ3v) is 2.09. The topological polar surface area (TPSA) is 58.4 Å². The predicted molar refractivity (Wildman–Crippen MR) is 59.1 cm³/mol. The van der Waals surface area contributed by atoms with E-state index in [1.807, 2.05) is 21.0 Å². The van der Waals surface area contributed by atoms with Gasteiger partial charge in [-0.25, -0.2) is 0 Å². The number of nitrogens with one attached hydrogen (secondary N) is 1. The van der Waals surface area contributed by atoms with Gasteiger partial charge in [0.05, 0.1) is 0 Å². The lowest BCUT2D eigenvalue weighted by Crippen LogP contribution is -2.36. The minimum atomic E-state index is 0.0906. The van der Waals surface area contributed by atoms with E-state index in [4.69, 9.17) is 5.73 Å². The van der Waals surface area contributed by atoms with Crippen molar-refractivity contribution in [3.63, 3.8) is 0 Å². The van der Waals surface area contributed by atoms with E-state index in [-0.39, 0.29) is 11.9 Å². The molecular formula is C10H23N3O. The van der Waals surface area contributed by atoms with E-state index in [0.717, 1.165) is 19.4 Å². The molecule has 1 atom stereocenters. The number of nitrogens with two attached hydrogens (primary N) is 1. The van der Waals surface area contributed by atoms with Gasteiger partial charge in [0, 0.05) is 19.0 Å². The average Bonchev–Trinajstić information content (AvgIpc) is 2.13. The van der Waals surface area contributed by atoms with Crippen molar-refractivity contribution in [1.82, 2.24) is 10.2 Å². The molecule has 0 aromatic carbocycles. The van der Waals surface area contributed by atoms with E-state index >= 15 is 0 Å². The van der Waals surface area contributed by atoms with E-state index in [1.54, 1.807) is 0 Å². The molecule has 0 bridgehead atoms. The number of nitrogens with zero attached hydrogens (tertiary/aromatic N) is 1. The van der Waals surface area contributed by atoms with Crippen molar-refractivity contribution in [3.05, 3.63) is 0 Å². The maximum atomic E-state index is 11.3. The lowest BCUT2D eigenvalue weighted by Gasteiger charge is -2.11. The van der Waals surface area contributed by atoms with E-state index in [2.05, 4.69) is 10.2 Å². The molecule has 0 radical (unpaired) electrons. The molecular weight excluding hydrogens is 178 g/mol. The first kappa shape index (κ1) is 13.4. The van der Waals surface area contributed by atoms with Crippen LogP contribution in [-0.4, -0.2) is 44.0 Å². The Hall–Kier alpha value is -0.610. The van der Waals surface area contributed by atoms with E-state index in [0.29, 0.717) is 13.0 Å². The summed E-state index contributed by atoms with van der Waals surface area (Å²) >= 11 is 0. The highest BCUT2D eigenvalue weighted by Crippen LogP contribution is 1.91. The summed E-state index contributed by atoms with van der Waals surface area (Å²) in [6.45, 7) is 3.56. The van der Waals surface area contributed by atoms with Crippen LogP contribution in [0.3, 0.4) is 0 Å². The van der Waals surface area contributed by atoms with Gasteiger partial charge < -0.3 is 16.0 Å². The molecule has 0 aliphatic carbocycles. The summed E-state index contributed by atoms with van der Waals surface area (Å²) < 4.78 is 0. The number of carbonyl (C=O) groups is 1. The molecule has 0 heterocycles. The highest BCUT2D eigenvalue weighted by Gasteiger charge is 2.03. The maximum absolute atomic E-state index is 11.3. The second-order valence-corrected chi connectivity index (χ2v) is 3.88. The molecule has 0 fully saturated rings. The third-order valence-electron chi connectivity index (χ3n) is 2.09. The molecule has 4 nitrogen and oxygen atoms in total. The number of amides is 1. The number of rotatable bonds is 7. The van der Waals surface area contributed by atoms with Crippen LogP contribution in [-0.2, 0) is 4.79 Å². The molecule has 0 aliphatic rings. The first-order valence-corrected chi connectivity index (χ1v) is 5.23. The first-order chi connectivity index (χ1) is 6.56. The molecule has 0 saturated heterocycles. The van der Waals surface area contributed by atoms with Crippen molar-refractivity contribution in [3.8, 4) is 0 Å². The molecule has 0 aromatic heterocycles. The SMILES string of the molecule is CCC(N)CNC(=O)CCCN(C)C. The van der Waals surface area contributed by atoms with Gasteiger partial charge in [-0.1, -0.05) is 6.92 Å². The summed E-state index contributed by atoms with van der Waals surface area (Å²) in [5, 5.41) is 2.82. The van der Waals surface area contributed by atoms with E-state index in [1.165, 1.54) is 0 Å². The maximum Gasteiger partial charge on any atom is 0.220 e. The molecule has 4 heteroatoms. The van der Waals surface area contributed by atoms with Gasteiger partial charge in [0.2, 0.25) is 5.91 Å². The molecule has 0 saturated carbocycles. The second kappa shape index (κ2) is 7.76. The van der Waals surface area contributed by atoms with Crippen LogP contribution in [0, 0.1) is 0 Å². The van der Waals surface area contributed by atoms with Gasteiger partial charge in [0.1, 0.15) is 0 Å². The highest BCUT2D eigenvalue weighted by atomic mass is 16.1. The zero-order valence-corrected chi connectivity index (χ0v) is 9.55. The molecule has 0 aliphatic heterocycles. The van der Waals surface area contributed by atoms with Crippen LogP contribution in [0.4, 0.5) is 0 Å². The molecule has 0 rings (SSSR count). The van der Waals surface area contributed by atoms with E-state index < -0.39 is 0 Å². The highest BCUT2D eigenvalue weighted by molar-refractivity contribution is 5.75. The fourth-order valence-corrected chi connectivity index (χ4v) is 1.03. The van der Waals surface area contributed by atoms with Gasteiger partial charge in [-0.15, -0.1) is 0 Å². The Morgan fingerprint density at radius 1 is 1.50 bits per heavy atom. The van der Waals surface area contributed by atoms with Crippen LogP contribution in [0.1, 0.15) is 26.2 Å². The smallest absolute Gasteiger partial charge is 0.220 e. The fraction of sp³-hybridized carbons (Fsp3) is 0.900. The van der Waals surface area contributed by atoms with Gasteiger partial charge in [0.25, 0.3) is 0 Å². The van der Waals surface area contributed by atoms with Gasteiger partial charge in [0.15, 0.2) is 0 Å². The van der Waals surface area contributed by atoms with Crippen molar-refractivity contribution < 1.29 is 4.79 Å². The first-order valence-electron chi connectivity index (χ1n) is 5.23. The Morgan fingerprint density at radius 2 is 2.14 bits per heavy atom. The number of hydrogen-bond donors (Lipinski definition) is 2. The summed E-state index contributed by atoms with van der Waals surface area (Å²) in [6, 6.07) is 0.0906. The van der Waals surface area contributed by atoms with Crippen LogP contribution >= 0.6 is 0 Å². The monoisotopic (exact) mass is 201 g/mol. The van der Waals surface area contributed by atoms with Gasteiger partial charge >= 0.3 is 0 Å². The van der Waals surface area contributed by atoms with Crippen LogP contribution < -0.4 is 11.1 Å². The predicted octanol–water partition coefficient (Wildman–Crippen LogP) is 0.182. The van der Waals surface area contributed by atoms with Crippen LogP contribution in [0.15, 0.2) is 0 Å². The van der Waals surface area contributed by atoms with Crippen LogP contribution in [0.5, 0.6) is 0 Å². The minimum Gasteiger partial charge on any atom is -0.355 e. The quantitative estimate of drug-likeness (QED) is 0.618. The zero-order chi connectivity index (χ0) is 11.0. The van der Waals surface area contributed by atoms with Crippen molar-refractivity contribution in [1.29, 1.82) is 0 Å². The Bertz CT molecular complexity index is 159. The van der Waals surface area contributed by atoms with Crippen molar-refractivity contribution in [2.45, 2.75) is 32.2 Å². The molecule has 3 N–H and O–H groups in total. The number of carbonyl (C=O) groups excluding carboxylic acids is 1. The Balaban J connectivity index is 3.37. The summed E-state index contributed by atoms with van der Waals surface area (Å²) in [5.74, 6) is 0.107. The van der Waals surface area contributed by atoms with E-state index in [9.17, 15) is 4.79 Å². The summed E-state index contributed by atoms with van der Waals surface area (Å²) in [4.78, 5) is 13.3. The standard InChI is InChI=1S/C10H23N3O/c1-4-9(11)8-12-10(14)6-5-7-13(2)3/h9H,4-8,11H2,1-3H3,(H,12,14). The summed E-state index contributed by atoms with van der Waals surface area (Å²) in [6.07, 6.45) is 2.40. The zero-order valence-electron chi connectivity index (χ0n) is 9.55. The minimum absolute atomic E-state index is 0.0906. The lowest BCUT2D eigenvalue weighted by atomic mass is 10.2. The molecule has 1 unspecified atom stereocenters. The van der Waals surface area contributed by atoms with Crippen molar-refractivity contribution in [2.24, 2.45) is 5.73 Å². The Morgan fingerprint density at radius 3 is 2.64 bits per heavy atom. The molecule has 0 aromatic rings. The lowest BCUT2D eigenvalue weighted by molar-refractivity contribution is -0.121. The normalized spacial score (nSPS) is 12.9. The molecule has 1 amide bonds. The average molecular weight is 201 g/mol. The third kappa shape index (κ3) is 8.01. The van der Waals surface area contributed by atoms with Crippen LogP contribution in [0.2, 0.25) is 0 Å². The van der Waals surface area contributed by atoms with Crippen LogP contribution in [0.25, 0.3) is 0 Å². The summed E-state index contributed by atoms with van der Waals surface area (Å²) in [5.41, 5.74) is 5.68. The fourth-order valence-electron chi connectivity index (χ4n) is 1.03. The van der Waals surface area contributed by atoms with Gasteiger partial charge in [-0.3, -0.25) is 4.79 Å². The van der Waals surface area contributed by atoms with Crippen molar-refractivity contribution in [2.75, 3.05) is 27.2 Å². The van der Waals surface area contributed by atoms with Crippen molar-refractivity contribution >= 4 is 5.91 Å².